The van der Waals surface area contributed by atoms with E-state index in [2.05, 4.69) is 10.1 Å². The van der Waals surface area contributed by atoms with Gasteiger partial charge in [-0.2, -0.15) is 8.78 Å². The van der Waals surface area contributed by atoms with Gasteiger partial charge in [-0.15, -0.1) is 0 Å². The van der Waals surface area contributed by atoms with E-state index < -0.39 is 6.61 Å². The molecule has 0 heterocycles. The van der Waals surface area contributed by atoms with Crippen LogP contribution in [0.15, 0.2) is 42.5 Å². The van der Waals surface area contributed by atoms with Crippen molar-refractivity contribution in [3.05, 3.63) is 59.4 Å². The van der Waals surface area contributed by atoms with Crippen molar-refractivity contribution in [3.8, 4) is 11.5 Å². The fourth-order valence-corrected chi connectivity index (χ4v) is 2.66. The molecule has 0 saturated carbocycles. The number of ether oxygens (including phenoxy) is 2. The normalized spacial score (nSPS) is 12.5. The van der Waals surface area contributed by atoms with E-state index in [1.165, 1.54) is 25.3 Å². The van der Waals surface area contributed by atoms with E-state index in [-0.39, 0.29) is 23.4 Å². The highest BCUT2D eigenvalue weighted by Gasteiger charge is 2.15. The largest absolute Gasteiger partial charge is 0.493 e. The molecule has 0 fully saturated rings. The first-order valence-electron chi connectivity index (χ1n) is 8.15. The monoisotopic (exact) mass is 368 g/mol. The Bertz CT molecular complexity index is 694. The summed E-state index contributed by atoms with van der Waals surface area (Å²) < 4.78 is 47.6. The third-order valence-electron chi connectivity index (χ3n) is 3.99. The van der Waals surface area contributed by atoms with E-state index in [0.717, 1.165) is 11.1 Å². The molecule has 2 aromatic carbocycles. The third-order valence-corrected chi connectivity index (χ3v) is 3.99. The summed E-state index contributed by atoms with van der Waals surface area (Å²) in [5.41, 5.74) is 1.78. The van der Waals surface area contributed by atoms with Crippen molar-refractivity contribution in [1.82, 2.24) is 10.2 Å². The molecule has 0 aromatic heterocycles. The molecule has 4 nitrogen and oxygen atoms in total. The van der Waals surface area contributed by atoms with Crippen LogP contribution < -0.4 is 14.8 Å². The van der Waals surface area contributed by atoms with E-state index in [9.17, 15) is 13.2 Å². The Morgan fingerprint density at radius 3 is 2.31 bits per heavy atom. The van der Waals surface area contributed by atoms with Gasteiger partial charge in [-0.25, -0.2) is 4.39 Å². The second-order valence-electron chi connectivity index (χ2n) is 6.03. The number of nitrogens with one attached hydrogen (secondary N) is 1. The highest BCUT2D eigenvalue weighted by molar-refractivity contribution is 5.43. The fraction of sp³-hybridized carbons (Fsp3) is 0.368. The van der Waals surface area contributed by atoms with Crippen molar-refractivity contribution < 1.29 is 22.6 Å². The lowest BCUT2D eigenvalue weighted by molar-refractivity contribution is -0.0512. The number of benzene rings is 2. The van der Waals surface area contributed by atoms with Gasteiger partial charge in [0, 0.05) is 19.1 Å². The van der Waals surface area contributed by atoms with Gasteiger partial charge in [-0.3, -0.25) is 0 Å². The smallest absolute Gasteiger partial charge is 0.387 e. The van der Waals surface area contributed by atoms with Crippen LogP contribution in [0.2, 0.25) is 0 Å². The highest BCUT2D eigenvalue weighted by atomic mass is 19.3. The molecule has 0 aliphatic rings. The summed E-state index contributed by atoms with van der Waals surface area (Å²) in [6, 6.07) is 11.3. The molecule has 0 spiro atoms. The number of hydrogen-bond donors (Lipinski definition) is 1. The van der Waals surface area contributed by atoms with Gasteiger partial charge in [0.1, 0.15) is 5.82 Å². The molecule has 0 bridgehead atoms. The zero-order valence-electron chi connectivity index (χ0n) is 15.0. The molecule has 0 saturated heterocycles. The van der Waals surface area contributed by atoms with Gasteiger partial charge < -0.3 is 19.7 Å². The zero-order valence-corrected chi connectivity index (χ0v) is 15.0. The molecule has 1 unspecified atom stereocenters. The van der Waals surface area contributed by atoms with Crippen LogP contribution in [0, 0.1) is 5.82 Å². The maximum atomic E-state index is 13.1. The topological polar surface area (TPSA) is 33.7 Å². The van der Waals surface area contributed by atoms with Crippen LogP contribution in [0.4, 0.5) is 13.2 Å². The van der Waals surface area contributed by atoms with Gasteiger partial charge in [-0.05, 0) is 49.5 Å². The molecule has 0 aliphatic carbocycles. The van der Waals surface area contributed by atoms with Crippen molar-refractivity contribution >= 4 is 0 Å². The molecule has 26 heavy (non-hydrogen) atoms. The van der Waals surface area contributed by atoms with Gasteiger partial charge in [0.25, 0.3) is 0 Å². The molecule has 142 valence electrons. The summed E-state index contributed by atoms with van der Waals surface area (Å²) in [6.45, 7) is -1.84. The summed E-state index contributed by atoms with van der Waals surface area (Å²) in [5, 5.41) is 3.29. The van der Waals surface area contributed by atoms with Crippen LogP contribution in [0.5, 0.6) is 11.5 Å². The lowest BCUT2D eigenvalue weighted by Gasteiger charge is -2.25. The number of alkyl halides is 2. The van der Waals surface area contributed by atoms with Crippen LogP contribution >= 0.6 is 0 Å². The Labute approximate surface area is 151 Å². The van der Waals surface area contributed by atoms with Gasteiger partial charge in [0.05, 0.1) is 7.11 Å². The van der Waals surface area contributed by atoms with E-state index in [1.54, 1.807) is 24.3 Å². The molecule has 0 radical (unpaired) electrons. The second kappa shape index (κ2) is 9.45. The number of likely N-dealkylation sites (N-methyl/N-ethyl adjacent to an activating group) is 1. The Hall–Kier alpha value is -2.25. The first kappa shape index (κ1) is 20.1. The van der Waals surface area contributed by atoms with Crippen LogP contribution in [0.3, 0.4) is 0 Å². The molecular weight excluding hydrogens is 345 g/mol. The minimum atomic E-state index is -2.91. The Morgan fingerprint density at radius 2 is 1.73 bits per heavy atom. The Balaban J connectivity index is 2.01. The van der Waals surface area contributed by atoms with Gasteiger partial charge in [0.15, 0.2) is 11.5 Å². The standard InChI is InChI=1S/C19H23F3N2O2/c1-24(2)16(14-5-7-15(20)8-6-14)12-23-11-13-4-9-17(25-3)18(10-13)26-19(21)22/h4-10,16,19,23H,11-12H2,1-3H3. The van der Waals surface area contributed by atoms with Crippen molar-refractivity contribution in [1.29, 1.82) is 0 Å². The lowest BCUT2D eigenvalue weighted by Crippen LogP contribution is -2.30. The van der Waals surface area contributed by atoms with Gasteiger partial charge in [-0.1, -0.05) is 18.2 Å². The predicted octanol–water partition coefficient (Wildman–Crippen LogP) is 3.83. The second-order valence-corrected chi connectivity index (χ2v) is 6.03. The maximum Gasteiger partial charge on any atom is 0.387 e. The lowest BCUT2D eigenvalue weighted by atomic mass is 10.1. The van der Waals surface area contributed by atoms with Crippen molar-refractivity contribution in [2.45, 2.75) is 19.2 Å². The number of rotatable bonds is 9. The van der Waals surface area contributed by atoms with Crippen LogP contribution in [0.1, 0.15) is 17.2 Å². The van der Waals surface area contributed by atoms with Gasteiger partial charge in [0.2, 0.25) is 0 Å². The van der Waals surface area contributed by atoms with Crippen molar-refractivity contribution in [2.75, 3.05) is 27.7 Å². The van der Waals surface area contributed by atoms with E-state index in [1.807, 2.05) is 19.0 Å². The first-order valence-corrected chi connectivity index (χ1v) is 8.15. The number of halogens is 3. The van der Waals surface area contributed by atoms with Crippen molar-refractivity contribution in [3.63, 3.8) is 0 Å². The molecule has 1 atom stereocenters. The molecule has 0 aliphatic heterocycles. The Morgan fingerprint density at radius 1 is 1.04 bits per heavy atom. The highest BCUT2D eigenvalue weighted by Crippen LogP contribution is 2.29. The van der Waals surface area contributed by atoms with E-state index >= 15 is 0 Å². The van der Waals surface area contributed by atoms with E-state index in [0.29, 0.717) is 13.1 Å². The summed E-state index contributed by atoms with van der Waals surface area (Å²) >= 11 is 0. The summed E-state index contributed by atoms with van der Waals surface area (Å²) in [4.78, 5) is 2.03. The summed E-state index contributed by atoms with van der Waals surface area (Å²) in [5.74, 6) is -0.0139. The zero-order chi connectivity index (χ0) is 19.1. The molecule has 2 rings (SSSR count). The fourth-order valence-electron chi connectivity index (χ4n) is 2.66. The number of hydrogen-bond acceptors (Lipinski definition) is 4. The molecule has 7 heteroatoms. The average Bonchev–Trinajstić information content (AvgIpc) is 2.59. The SMILES string of the molecule is COc1ccc(CNCC(c2ccc(F)cc2)N(C)C)cc1OC(F)F. The molecule has 0 amide bonds. The summed E-state index contributed by atoms with van der Waals surface area (Å²) in [7, 11) is 5.28. The number of methoxy groups -OCH3 is 1. The molecule has 1 N–H and O–H groups in total. The van der Waals surface area contributed by atoms with Crippen molar-refractivity contribution in [2.24, 2.45) is 0 Å². The maximum absolute atomic E-state index is 13.1. The Kier molecular flexibility index (Phi) is 7.29. The third kappa shape index (κ3) is 5.64. The quantitative estimate of drug-likeness (QED) is 0.729. The minimum absolute atomic E-state index is 0.00416. The average molecular weight is 368 g/mol. The van der Waals surface area contributed by atoms with Crippen LogP contribution in [-0.2, 0) is 6.54 Å². The van der Waals surface area contributed by atoms with Crippen LogP contribution in [-0.4, -0.2) is 39.3 Å². The molecule has 2 aromatic rings. The number of nitrogens with zero attached hydrogens (tertiary/aromatic N) is 1. The minimum Gasteiger partial charge on any atom is -0.493 e. The van der Waals surface area contributed by atoms with Crippen LogP contribution in [0.25, 0.3) is 0 Å². The first-order chi connectivity index (χ1) is 12.4. The van der Waals surface area contributed by atoms with E-state index in [4.69, 9.17) is 4.74 Å². The van der Waals surface area contributed by atoms with Gasteiger partial charge >= 0.3 is 6.61 Å². The summed E-state index contributed by atoms with van der Waals surface area (Å²) in [6.07, 6.45) is 0. The predicted molar refractivity (Wildman–Crippen MR) is 94.2 cm³/mol. The molecular formula is C19H23F3N2O2.